The normalized spacial score (nSPS) is 17.7. The number of anilines is 2. The molecule has 29 heavy (non-hydrogen) atoms. The molecule has 156 valence electrons. The molecule has 1 saturated heterocycles. The summed E-state index contributed by atoms with van der Waals surface area (Å²) in [7, 11) is 2.78. The molecule has 2 fully saturated rings. The van der Waals surface area contributed by atoms with Crippen LogP contribution in [0.1, 0.15) is 49.0 Å². The minimum absolute atomic E-state index is 0.114. The second-order valence-corrected chi connectivity index (χ2v) is 8.98. The van der Waals surface area contributed by atoms with Crippen LogP contribution in [-0.2, 0) is 14.1 Å². The van der Waals surface area contributed by atoms with Gasteiger partial charge in [-0.3, -0.25) is 23.3 Å². The van der Waals surface area contributed by atoms with Crippen LogP contribution in [0.5, 0.6) is 0 Å². The Morgan fingerprint density at radius 1 is 1.14 bits per heavy atom. The largest absolute Gasteiger partial charge is 0.384 e. The zero-order valence-corrected chi connectivity index (χ0v) is 17.6. The molecule has 0 radical (unpaired) electrons. The van der Waals surface area contributed by atoms with E-state index in [-0.39, 0.29) is 11.4 Å². The van der Waals surface area contributed by atoms with Crippen LogP contribution >= 0.6 is 11.8 Å². The lowest BCUT2D eigenvalue weighted by molar-refractivity contribution is 0.0992. The first-order chi connectivity index (χ1) is 13.8. The predicted molar refractivity (Wildman–Crippen MR) is 111 cm³/mol. The summed E-state index contributed by atoms with van der Waals surface area (Å²) in [5.74, 6) is 0.332. The van der Waals surface area contributed by atoms with Crippen molar-refractivity contribution in [3.05, 3.63) is 26.4 Å². The molecule has 0 spiro atoms. The van der Waals surface area contributed by atoms with Crippen molar-refractivity contribution in [3.63, 3.8) is 0 Å². The van der Waals surface area contributed by atoms with Gasteiger partial charge in [0, 0.05) is 33.2 Å². The Morgan fingerprint density at radius 3 is 2.41 bits per heavy atom. The number of nitrogens with two attached hydrogens (primary N) is 1. The van der Waals surface area contributed by atoms with Gasteiger partial charge in [0.2, 0.25) is 5.95 Å². The maximum absolute atomic E-state index is 13.1. The molecule has 0 amide bonds. The lowest BCUT2D eigenvalue weighted by atomic mass is 10.1. The molecular formula is C18H25N7O3S. The summed E-state index contributed by atoms with van der Waals surface area (Å²) in [4.78, 5) is 39.8. The topological polar surface area (TPSA) is 121 Å². The molecule has 10 nitrogen and oxygen atoms in total. The number of hydrogen-bond acceptors (Lipinski definition) is 8. The molecule has 0 aromatic carbocycles. The maximum atomic E-state index is 13.1. The second-order valence-electron chi connectivity index (χ2n) is 7.67. The number of nitrogen functional groups attached to an aromatic ring is 1. The fourth-order valence-corrected chi connectivity index (χ4v) is 4.61. The van der Waals surface area contributed by atoms with Crippen molar-refractivity contribution in [1.82, 2.24) is 23.9 Å². The quantitative estimate of drug-likeness (QED) is 0.532. The number of Topliss-reactive ketones (excluding diaryl/α,β-unsaturated/α-hetero) is 1. The number of thioether (sulfide) groups is 1. The first-order valence-corrected chi connectivity index (χ1v) is 10.7. The van der Waals surface area contributed by atoms with Gasteiger partial charge in [-0.1, -0.05) is 11.8 Å². The van der Waals surface area contributed by atoms with Gasteiger partial charge in [0.1, 0.15) is 11.4 Å². The van der Waals surface area contributed by atoms with Crippen molar-refractivity contribution in [2.24, 2.45) is 14.1 Å². The van der Waals surface area contributed by atoms with Crippen LogP contribution in [0.4, 0.5) is 11.8 Å². The lowest BCUT2D eigenvalue weighted by Crippen LogP contribution is -2.42. The van der Waals surface area contributed by atoms with Crippen LogP contribution in [0.15, 0.2) is 14.7 Å². The minimum Gasteiger partial charge on any atom is -0.384 e. The average Bonchev–Trinajstić information content (AvgIpc) is 3.22. The molecule has 3 heterocycles. The number of rotatable bonds is 6. The fourth-order valence-electron chi connectivity index (χ4n) is 3.64. The van der Waals surface area contributed by atoms with Crippen LogP contribution in [0.2, 0.25) is 0 Å². The van der Waals surface area contributed by atoms with E-state index < -0.39 is 22.3 Å². The molecule has 1 saturated carbocycles. The fraction of sp³-hybridized carbons (Fsp3) is 0.611. The van der Waals surface area contributed by atoms with Gasteiger partial charge < -0.3 is 10.6 Å². The third kappa shape index (κ3) is 3.37. The van der Waals surface area contributed by atoms with E-state index in [4.69, 9.17) is 5.73 Å². The van der Waals surface area contributed by atoms with E-state index in [1.165, 1.54) is 25.9 Å². The predicted octanol–water partition coefficient (Wildman–Crippen LogP) is 0.556. The molecular weight excluding hydrogens is 394 g/mol. The Kier molecular flexibility index (Phi) is 5.01. The Hall–Kier alpha value is -2.56. The van der Waals surface area contributed by atoms with Gasteiger partial charge >= 0.3 is 5.69 Å². The molecule has 0 bridgehead atoms. The summed E-state index contributed by atoms with van der Waals surface area (Å²) in [6.45, 7) is 3.65. The van der Waals surface area contributed by atoms with Gasteiger partial charge in [0.05, 0.1) is 5.25 Å². The van der Waals surface area contributed by atoms with E-state index >= 15 is 0 Å². The third-order valence-corrected chi connectivity index (χ3v) is 6.61. The molecule has 11 heteroatoms. The van der Waals surface area contributed by atoms with Gasteiger partial charge in [-0.15, -0.1) is 10.2 Å². The molecule has 2 aromatic rings. The van der Waals surface area contributed by atoms with Gasteiger partial charge in [-0.05, 0) is 32.6 Å². The molecule has 4 rings (SSSR count). The number of carbonyl (C=O) groups is 1. The Balaban J connectivity index is 1.64. The van der Waals surface area contributed by atoms with E-state index in [0.29, 0.717) is 11.2 Å². The molecule has 2 N–H and O–H groups in total. The summed E-state index contributed by atoms with van der Waals surface area (Å²) < 4.78 is 4.14. The summed E-state index contributed by atoms with van der Waals surface area (Å²) in [5.41, 5.74) is 4.54. The standard InChI is InChI=1S/C18H25N7O3S/c1-10(13(26)12-14(19)22(2)18(28)23(3)15(12)27)29-17-21-20-16(24-8-4-5-9-24)25(17)11-6-7-11/h10-11H,4-9,19H2,1-3H3. The molecule has 1 aliphatic carbocycles. The van der Waals surface area contributed by atoms with Crippen molar-refractivity contribution in [1.29, 1.82) is 0 Å². The zero-order valence-electron chi connectivity index (χ0n) is 16.8. The first-order valence-electron chi connectivity index (χ1n) is 9.77. The zero-order chi connectivity index (χ0) is 20.9. The Bertz CT molecular complexity index is 1080. The highest BCUT2D eigenvalue weighted by molar-refractivity contribution is 8.00. The van der Waals surface area contributed by atoms with Crippen molar-refractivity contribution in [3.8, 4) is 0 Å². The second kappa shape index (κ2) is 7.36. The van der Waals surface area contributed by atoms with Crippen LogP contribution in [0.25, 0.3) is 0 Å². The van der Waals surface area contributed by atoms with E-state index in [9.17, 15) is 14.4 Å². The number of aromatic nitrogens is 5. The summed E-state index contributed by atoms with van der Waals surface area (Å²) in [6, 6.07) is 0.362. The van der Waals surface area contributed by atoms with Crippen LogP contribution < -0.4 is 21.9 Å². The first kappa shape index (κ1) is 19.7. The van der Waals surface area contributed by atoms with Gasteiger partial charge in [-0.25, -0.2) is 4.79 Å². The highest BCUT2D eigenvalue weighted by Gasteiger charge is 2.34. The van der Waals surface area contributed by atoms with Crippen molar-refractivity contribution >= 4 is 29.3 Å². The molecule has 1 atom stereocenters. The van der Waals surface area contributed by atoms with Gasteiger partial charge in [0.15, 0.2) is 10.9 Å². The van der Waals surface area contributed by atoms with E-state index in [0.717, 1.165) is 53.9 Å². The van der Waals surface area contributed by atoms with Crippen molar-refractivity contribution < 1.29 is 4.79 Å². The van der Waals surface area contributed by atoms with E-state index in [1.54, 1.807) is 6.92 Å². The smallest absolute Gasteiger partial charge is 0.332 e. The summed E-state index contributed by atoms with van der Waals surface area (Å²) in [6.07, 6.45) is 4.43. The van der Waals surface area contributed by atoms with Gasteiger partial charge in [0.25, 0.3) is 5.56 Å². The average molecular weight is 420 g/mol. The minimum atomic E-state index is -0.676. The number of hydrogen-bond donors (Lipinski definition) is 1. The highest BCUT2D eigenvalue weighted by Crippen LogP contribution is 2.42. The Labute approximate surface area is 171 Å². The molecule has 1 unspecified atom stereocenters. The third-order valence-electron chi connectivity index (χ3n) is 5.56. The van der Waals surface area contributed by atoms with Crippen LogP contribution in [0, 0.1) is 0 Å². The molecule has 2 aliphatic rings. The number of nitrogens with zero attached hydrogens (tertiary/aromatic N) is 6. The van der Waals surface area contributed by atoms with Crippen molar-refractivity contribution in [2.45, 2.75) is 49.1 Å². The maximum Gasteiger partial charge on any atom is 0.332 e. The van der Waals surface area contributed by atoms with Crippen LogP contribution in [0.3, 0.4) is 0 Å². The van der Waals surface area contributed by atoms with Crippen molar-refractivity contribution in [2.75, 3.05) is 23.7 Å². The van der Waals surface area contributed by atoms with Gasteiger partial charge in [-0.2, -0.15) is 0 Å². The lowest BCUT2D eigenvalue weighted by Gasteiger charge is -2.19. The molecule has 1 aliphatic heterocycles. The Morgan fingerprint density at radius 2 is 1.79 bits per heavy atom. The summed E-state index contributed by atoms with van der Waals surface area (Å²) in [5, 5.41) is 8.81. The number of ketones is 1. The monoisotopic (exact) mass is 419 g/mol. The molecule has 2 aromatic heterocycles. The van der Waals surface area contributed by atoms with E-state index in [2.05, 4.69) is 19.7 Å². The summed E-state index contributed by atoms with van der Waals surface area (Å²) >= 11 is 1.28. The van der Waals surface area contributed by atoms with E-state index in [1.807, 2.05) is 0 Å². The highest BCUT2D eigenvalue weighted by atomic mass is 32.2. The SMILES string of the molecule is CC(Sc1nnc(N2CCCC2)n1C1CC1)C(=O)c1c(N)n(C)c(=O)n(C)c1=O. The van der Waals surface area contributed by atoms with Crippen LogP contribution in [-0.4, -0.2) is 48.0 Å². The number of carbonyl (C=O) groups excluding carboxylic acids is 1.